The van der Waals surface area contributed by atoms with Gasteiger partial charge in [0.25, 0.3) is 0 Å². The van der Waals surface area contributed by atoms with E-state index in [4.69, 9.17) is 7.85 Å². The van der Waals surface area contributed by atoms with E-state index in [9.17, 15) is 0 Å². The molecule has 19 heavy (non-hydrogen) atoms. The predicted octanol–water partition coefficient (Wildman–Crippen LogP) is 2.92. The minimum absolute atomic E-state index is 0.546. The molecule has 92 valence electrons. The van der Waals surface area contributed by atoms with Crippen molar-refractivity contribution < 1.29 is 0 Å². The summed E-state index contributed by atoms with van der Waals surface area (Å²) in [6, 6.07) is 12.7. The molecule has 0 bridgehead atoms. The lowest BCUT2D eigenvalue weighted by Gasteiger charge is -2.09. The standard InChI is InChI=1S/C16H15BN2/c1-11(2)12-3-5-13(6-4-12)15-9-14(17)10-19-16(15)7-8-18-19/h3-11H,1-2H3. The Hall–Kier alpha value is -2.03. The lowest BCUT2D eigenvalue weighted by Crippen LogP contribution is -2.07. The molecule has 3 aromatic rings. The second kappa shape index (κ2) is 4.58. The SMILES string of the molecule is [B]c1cc(-c2ccc(C(C)C)cc2)c2ccnn2c1. The van der Waals surface area contributed by atoms with E-state index in [1.54, 1.807) is 6.20 Å². The van der Waals surface area contributed by atoms with Crippen molar-refractivity contribution in [1.29, 1.82) is 0 Å². The Morgan fingerprint density at radius 1 is 1.11 bits per heavy atom. The van der Waals surface area contributed by atoms with Gasteiger partial charge in [-0.1, -0.05) is 49.6 Å². The molecule has 0 unspecified atom stereocenters. The van der Waals surface area contributed by atoms with Crippen molar-refractivity contribution in [2.75, 3.05) is 0 Å². The zero-order chi connectivity index (χ0) is 13.4. The van der Waals surface area contributed by atoms with E-state index in [-0.39, 0.29) is 0 Å². The molecule has 2 radical (unpaired) electrons. The third-order valence-electron chi connectivity index (χ3n) is 3.42. The molecule has 0 N–H and O–H groups in total. The molecule has 0 atom stereocenters. The monoisotopic (exact) mass is 246 g/mol. The van der Waals surface area contributed by atoms with E-state index in [1.807, 2.05) is 22.8 Å². The third kappa shape index (κ3) is 2.16. The Labute approximate surface area is 114 Å². The molecule has 2 heterocycles. The lowest BCUT2D eigenvalue weighted by atomic mass is 9.93. The van der Waals surface area contributed by atoms with Gasteiger partial charge in [0.15, 0.2) is 0 Å². The first-order valence-electron chi connectivity index (χ1n) is 6.48. The van der Waals surface area contributed by atoms with Gasteiger partial charge in [0.1, 0.15) is 7.85 Å². The number of hydrogen-bond acceptors (Lipinski definition) is 1. The van der Waals surface area contributed by atoms with Crippen LogP contribution in [0.5, 0.6) is 0 Å². The molecular weight excluding hydrogens is 231 g/mol. The first kappa shape index (κ1) is 12.0. The molecule has 0 saturated heterocycles. The maximum Gasteiger partial charge on any atom is 0.115 e. The van der Waals surface area contributed by atoms with E-state index in [1.165, 1.54) is 11.1 Å². The normalized spacial score (nSPS) is 11.3. The molecule has 0 amide bonds. The summed E-state index contributed by atoms with van der Waals surface area (Å²) in [5.74, 6) is 0.546. The molecule has 0 aliphatic rings. The van der Waals surface area contributed by atoms with E-state index < -0.39 is 0 Å². The largest absolute Gasteiger partial charge is 0.241 e. The number of aromatic nitrogens is 2. The Bertz CT molecular complexity index is 711. The predicted molar refractivity (Wildman–Crippen MR) is 80.1 cm³/mol. The van der Waals surface area contributed by atoms with Crippen molar-refractivity contribution in [3.63, 3.8) is 0 Å². The Balaban J connectivity index is 2.15. The Kier molecular flexibility index (Phi) is 2.90. The van der Waals surface area contributed by atoms with Crippen LogP contribution in [0.15, 0.2) is 48.8 Å². The number of rotatable bonds is 2. The smallest absolute Gasteiger partial charge is 0.115 e. The molecule has 2 aromatic heterocycles. The summed E-state index contributed by atoms with van der Waals surface area (Å²) in [5, 5.41) is 4.25. The molecule has 3 rings (SSSR count). The van der Waals surface area contributed by atoms with Crippen LogP contribution in [0.25, 0.3) is 16.6 Å². The molecule has 0 aliphatic carbocycles. The highest BCUT2D eigenvalue weighted by Gasteiger charge is 2.06. The first-order valence-corrected chi connectivity index (χ1v) is 6.48. The van der Waals surface area contributed by atoms with E-state index in [0.29, 0.717) is 5.92 Å². The quantitative estimate of drug-likeness (QED) is 0.635. The second-order valence-electron chi connectivity index (χ2n) is 5.12. The van der Waals surface area contributed by atoms with E-state index >= 15 is 0 Å². The highest BCUT2D eigenvalue weighted by molar-refractivity contribution is 6.32. The van der Waals surface area contributed by atoms with Gasteiger partial charge in [-0.05, 0) is 23.1 Å². The summed E-state index contributed by atoms with van der Waals surface area (Å²) < 4.78 is 1.82. The van der Waals surface area contributed by atoms with Gasteiger partial charge in [0.2, 0.25) is 0 Å². The summed E-state index contributed by atoms with van der Waals surface area (Å²) in [4.78, 5) is 0. The number of nitrogens with zero attached hydrogens (tertiary/aromatic N) is 2. The Morgan fingerprint density at radius 2 is 1.84 bits per heavy atom. The van der Waals surface area contributed by atoms with Crippen LogP contribution in [0.2, 0.25) is 0 Å². The molecule has 3 heteroatoms. The molecule has 0 fully saturated rings. The number of fused-ring (bicyclic) bond motifs is 1. The van der Waals surface area contributed by atoms with Crippen LogP contribution < -0.4 is 5.46 Å². The van der Waals surface area contributed by atoms with Crippen molar-refractivity contribution in [2.24, 2.45) is 0 Å². The van der Waals surface area contributed by atoms with Crippen LogP contribution in [-0.2, 0) is 0 Å². The molecule has 0 spiro atoms. The molecule has 0 aliphatic heterocycles. The summed E-state index contributed by atoms with van der Waals surface area (Å²) in [5.41, 5.74) is 5.43. The summed E-state index contributed by atoms with van der Waals surface area (Å²) in [7, 11) is 5.94. The van der Waals surface area contributed by atoms with Crippen molar-refractivity contribution in [2.45, 2.75) is 19.8 Å². The van der Waals surface area contributed by atoms with E-state index in [2.05, 4.69) is 43.2 Å². The van der Waals surface area contributed by atoms with Gasteiger partial charge < -0.3 is 0 Å². The van der Waals surface area contributed by atoms with Crippen LogP contribution in [0.1, 0.15) is 25.3 Å². The zero-order valence-electron chi connectivity index (χ0n) is 11.2. The van der Waals surface area contributed by atoms with Crippen molar-refractivity contribution in [3.8, 4) is 11.1 Å². The van der Waals surface area contributed by atoms with Crippen LogP contribution in [-0.4, -0.2) is 17.5 Å². The lowest BCUT2D eigenvalue weighted by molar-refractivity contribution is 0.867. The van der Waals surface area contributed by atoms with Crippen LogP contribution >= 0.6 is 0 Å². The summed E-state index contributed by atoms with van der Waals surface area (Å²) in [6.07, 6.45) is 3.63. The fraction of sp³-hybridized carbons (Fsp3) is 0.188. The van der Waals surface area contributed by atoms with Crippen LogP contribution in [0, 0.1) is 0 Å². The summed E-state index contributed by atoms with van der Waals surface area (Å²) in [6.45, 7) is 4.40. The van der Waals surface area contributed by atoms with Crippen molar-refractivity contribution in [1.82, 2.24) is 9.61 Å². The minimum atomic E-state index is 0.546. The topological polar surface area (TPSA) is 17.3 Å². The first-order chi connectivity index (χ1) is 9.15. The molecule has 1 aromatic carbocycles. The van der Waals surface area contributed by atoms with Gasteiger partial charge in [0, 0.05) is 18.0 Å². The number of hydrogen-bond donors (Lipinski definition) is 0. The van der Waals surface area contributed by atoms with Gasteiger partial charge in [-0.15, -0.1) is 0 Å². The highest BCUT2D eigenvalue weighted by atomic mass is 15.2. The maximum absolute atomic E-state index is 5.94. The molecule has 2 nitrogen and oxygen atoms in total. The van der Waals surface area contributed by atoms with Crippen molar-refractivity contribution in [3.05, 3.63) is 54.4 Å². The minimum Gasteiger partial charge on any atom is -0.241 e. The fourth-order valence-corrected chi connectivity index (χ4v) is 2.33. The zero-order valence-corrected chi connectivity index (χ0v) is 11.2. The third-order valence-corrected chi connectivity index (χ3v) is 3.42. The maximum atomic E-state index is 5.94. The summed E-state index contributed by atoms with van der Waals surface area (Å²) >= 11 is 0. The van der Waals surface area contributed by atoms with Gasteiger partial charge in [-0.2, -0.15) is 5.10 Å². The van der Waals surface area contributed by atoms with Gasteiger partial charge in [0.05, 0.1) is 5.52 Å². The average Bonchev–Trinajstić information content (AvgIpc) is 2.85. The highest BCUT2D eigenvalue weighted by Crippen LogP contribution is 2.25. The van der Waals surface area contributed by atoms with Crippen molar-refractivity contribution >= 4 is 18.8 Å². The number of benzene rings is 1. The second-order valence-corrected chi connectivity index (χ2v) is 5.12. The van der Waals surface area contributed by atoms with Crippen LogP contribution in [0.3, 0.4) is 0 Å². The fourth-order valence-electron chi connectivity index (χ4n) is 2.33. The Morgan fingerprint density at radius 3 is 2.53 bits per heavy atom. The van der Waals surface area contributed by atoms with Gasteiger partial charge in [-0.3, -0.25) is 0 Å². The van der Waals surface area contributed by atoms with Gasteiger partial charge in [-0.25, -0.2) is 4.52 Å². The molecule has 0 saturated carbocycles. The van der Waals surface area contributed by atoms with E-state index in [0.717, 1.165) is 16.5 Å². The number of pyridine rings is 1. The average molecular weight is 246 g/mol. The van der Waals surface area contributed by atoms with Crippen LogP contribution in [0.4, 0.5) is 0 Å². The molecular formula is C16H15BN2. The van der Waals surface area contributed by atoms with Gasteiger partial charge >= 0.3 is 0 Å².